The third-order valence-electron chi connectivity index (χ3n) is 2.37. The normalized spacial score (nSPS) is 10.0. The van der Waals surface area contributed by atoms with Gasteiger partial charge in [-0.1, -0.05) is 17.7 Å². The van der Waals surface area contributed by atoms with Crippen molar-refractivity contribution in [1.82, 2.24) is 4.90 Å². The Hall–Kier alpha value is -1.46. The average Bonchev–Trinajstić information content (AvgIpc) is 2.37. The smallest absolute Gasteiger partial charge is 0.323 e. The first kappa shape index (κ1) is 15.6. The number of halogens is 1. The summed E-state index contributed by atoms with van der Waals surface area (Å²) in [5.74, 6) is -1.49. The topological polar surface area (TPSA) is 57.6 Å². The van der Waals surface area contributed by atoms with Gasteiger partial charge < -0.3 is 10.0 Å². The fraction of sp³-hybridized carbons (Fsp3) is 0.231. The highest BCUT2D eigenvalue weighted by Crippen LogP contribution is 2.24. The number of carbonyl (C=O) groups excluding carboxylic acids is 1. The van der Waals surface area contributed by atoms with Gasteiger partial charge in [-0.15, -0.1) is 18.3 Å². The van der Waals surface area contributed by atoms with Crippen LogP contribution in [0.4, 0.5) is 0 Å². The van der Waals surface area contributed by atoms with Gasteiger partial charge in [0.25, 0.3) is 5.91 Å². The Morgan fingerprint density at radius 2 is 2.21 bits per heavy atom. The van der Waals surface area contributed by atoms with Crippen LogP contribution in [0.15, 0.2) is 35.7 Å². The highest BCUT2D eigenvalue weighted by Gasteiger charge is 2.20. The second-order valence-electron chi connectivity index (χ2n) is 3.71. The molecule has 0 saturated carbocycles. The van der Waals surface area contributed by atoms with Gasteiger partial charge in [0.15, 0.2) is 0 Å². The maximum absolute atomic E-state index is 12.3. The molecule has 0 aromatic heterocycles. The molecule has 4 nitrogen and oxygen atoms in total. The number of carboxylic acid groups (broad SMARTS) is 1. The van der Waals surface area contributed by atoms with E-state index in [-0.39, 0.29) is 13.1 Å². The number of hydrogen-bond donors (Lipinski definition) is 1. The second kappa shape index (κ2) is 7.21. The van der Waals surface area contributed by atoms with Gasteiger partial charge >= 0.3 is 5.97 Å². The van der Waals surface area contributed by atoms with Crippen molar-refractivity contribution in [2.24, 2.45) is 0 Å². The van der Waals surface area contributed by atoms with Crippen molar-refractivity contribution >= 4 is 35.2 Å². The minimum Gasteiger partial charge on any atom is -0.480 e. The summed E-state index contributed by atoms with van der Waals surface area (Å²) in [6.45, 7) is 3.29. The number of rotatable bonds is 6. The molecule has 0 saturated heterocycles. The van der Waals surface area contributed by atoms with Gasteiger partial charge in [-0.2, -0.15) is 0 Å². The van der Waals surface area contributed by atoms with E-state index >= 15 is 0 Å². The minimum absolute atomic E-state index is 0.158. The molecule has 0 fully saturated rings. The Bertz CT molecular complexity index is 505. The zero-order valence-corrected chi connectivity index (χ0v) is 12.0. The summed E-state index contributed by atoms with van der Waals surface area (Å²) in [4.78, 5) is 25.1. The van der Waals surface area contributed by atoms with E-state index in [9.17, 15) is 9.59 Å². The summed E-state index contributed by atoms with van der Waals surface area (Å²) in [6.07, 6.45) is 3.36. The monoisotopic (exact) mass is 299 g/mol. The number of carbonyl (C=O) groups is 2. The Balaban J connectivity index is 3.07. The molecular formula is C13H14ClNO3S. The van der Waals surface area contributed by atoms with Crippen molar-refractivity contribution in [3.63, 3.8) is 0 Å². The van der Waals surface area contributed by atoms with E-state index in [1.807, 2.05) is 6.26 Å². The maximum atomic E-state index is 12.3. The van der Waals surface area contributed by atoms with E-state index in [0.717, 1.165) is 4.90 Å². The van der Waals surface area contributed by atoms with E-state index in [2.05, 4.69) is 6.58 Å². The molecule has 1 N–H and O–H groups in total. The van der Waals surface area contributed by atoms with Gasteiger partial charge in [0.2, 0.25) is 0 Å². The zero-order chi connectivity index (χ0) is 14.4. The number of thioether (sulfide) groups is 1. The summed E-state index contributed by atoms with van der Waals surface area (Å²) in [6, 6.07) is 5.10. The molecular weight excluding hydrogens is 286 g/mol. The number of amides is 1. The zero-order valence-electron chi connectivity index (χ0n) is 10.4. The van der Waals surface area contributed by atoms with Crippen molar-refractivity contribution in [2.75, 3.05) is 19.3 Å². The van der Waals surface area contributed by atoms with Crippen LogP contribution in [0.1, 0.15) is 10.4 Å². The summed E-state index contributed by atoms with van der Waals surface area (Å²) < 4.78 is 0. The lowest BCUT2D eigenvalue weighted by Crippen LogP contribution is -2.35. The van der Waals surface area contributed by atoms with Crippen LogP contribution in [-0.4, -0.2) is 41.2 Å². The molecule has 102 valence electrons. The van der Waals surface area contributed by atoms with Crippen molar-refractivity contribution in [2.45, 2.75) is 4.90 Å². The van der Waals surface area contributed by atoms with Crippen LogP contribution in [0.5, 0.6) is 0 Å². The fourth-order valence-corrected chi connectivity index (χ4v) is 2.14. The average molecular weight is 300 g/mol. The number of nitrogens with zero attached hydrogens (tertiary/aromatic N) is 1. The highest BCUT2D eigenvalue weighted by atomic mass is 35.5. The summed E-state index contributed by atoms with van der Waals surface area (Å²) in [5.41, 5.74) is 0.302. The molecule has 0 aliphatic heterocycles. The molecule has 0 heterocycles. The third kappa shape index (κ3) is 4.29. The first-order valence-corrected chi connectivity index (χ1v) is 7.05. The fourth-order valence-electron chi connectivity index (χ4n) is 1.50. The number of hydrogen-bond acceptors (Lipinski definition) is 3. The molecule has 0 radical (unpaired) electrons. The molecule has 0 atom stereocenters. The lowest BCUT2D eigenvalue weighted by atomic mass is 10.2. The first-order chi connectivity index (χ1) is 8.99. The SMILES string of the molecule is C=CCN(CC(=O)O)C(=O)c1cc(SC)ccc1Cl. The van der Waals surface area contributed by atoms with Crippen LogP contribution in [0.25, 0.3) is 0 Å². The van der Waals surface area contributed by atoms with E-state index in [1.165, 1.54) is 22.7 Å². The molecule has 0 bridgehead atoms. The van der Waals surface area contributed by atoms with Gasteiger partial charge in [-0.05, 0) is 24.5 Å². The second-order valence-corrected chi connectivity index (χ2v) is 5.00. The molecule has 6 heteroatoms. The van der Waals surface area contributed by atoms with Crippen LogP contribution < -0.4 is 0 Å². The van der Waals surface area contributed by atoms with Gasteiger partial charge in [0.05, 0.1) is 10.6 Å². The van der Waals surface area contributed by atoms with Crippen molar-refractivity contribution in [3.05, 3.63) is 41.4 Å². The molecule has 1 rings (SSSR count). The lowest BCUT2D eigenvalue weighted by molar-refractivity contribution is -0.137. The molecule has 0 unspecified atom stereocenters. The molecule has 1 aromatic rings. The van der Waals surface area contributed by atoms with Crippen LogP contribution in [0.3, 0.4) is 0 Å². The summed E-state index contributed by atoms with van der Waals surface area (Å²) in [7, 11) is 0. The Labute approximate surface area is 121 Å². The quantitative estimate of drug-likeness (QED) is 0.648. The Kier molecular flexibility index (Phi) is 5.92. The molecule has 19 heavy (non-hydrogen) atoms. The van der Waals surface area contributed by atoms with Crippen molar-refractivity contribution in [3.8, 4) is 0 Å². The van der Waals surface area contributed by atoms with Crippen LogP contribution in [0, 0.1) is 0 Å². The predicted octanol–water partition coefficient (Wildman–Crippen LogP) is 2.77. The van der Waals surface area contributed by atoms with Crippen molar-refractivity contribution < 1.29 is 14.7 Å². The van der Waals surface area contributed by atoms with E-state index in [0.29, 0.717) is 10.6 Å². The predicted molar refractivity (Wildman–Crippen MR) is 77.0 cm³/mol. The molecule has 1 aromatic carbocycles. The first-order valence-electron chi connectivity index (χ1n) is 5.45. The van der Waals surface area contributed by atoms with Gasteiger partial charge in [-0.3, -0.25) is 9.59 Å². The molecule has 0 aliphatic rings. The van der Waals surface area contributed by atoms with Crippen LogP contribution in [-0.2, 0) is 4.79 Å². The van der Waals surface area contributed by atoms with Crippen LogP contribution in [0.2, 0.25) is 5.02 Å². The molecule has 0 spiro atoms. The third-order valence-corrected chi connectivity index (χ3v) is 3.42. The van der Waals surface area contributed by atoms with Gasteiger partial charge in [-0.25, -0.2) is 0 Å². The highest BCUT2D eigenvalue weighted by molar-refractivity contribution is 7.98. The van der Waals surface area contributed by atoms with E-state index in [1.54, 1.807) is 18.2 Å². The molecule has 0 aliphatic carbocycles. The summed E-state index contributed by atoms with van der Waals surface area (Å²) >= 11 is 7.48. The lowest BCUT2D eigenvalue weighted by Gasteiger charge is -2.19. The van der Waals surface area contributed by atoms with Gasteiger partial charge in [0, 0.05) is 11.4 Å². The summed E-state index contributed by atoms with van der Waals surface area (Å²) in [5, 5.41) is 9.12. The number of benzene rings is 1. The minimum atomic E-state index is -1.08. The van der Waals surface area contributed by atoms with Gasteiger partial charge in [0.1, 0.15) is 6.54 Å². The van der Waals surface area contributed by atoms with E-state index in [4.69, 9.17) is 16.7 Å². The molecule has 1 amide bonds. The van der Waals surface area contributed by atoms with Crippen LogP contribution >= 0.6 is 23.4 Å². The van der Waals surface area contributed by atoms with Crippen molar-refractivity contribution in [1.29, 1.82) is 0 Å². The Morgan fingerprint density at radius 1 is 1.53 bits per heavy atom. The number of aliphatic carboxylic acids is 1. The van der Waals surface area contributed by atoms with E-state index < -0.39 is 11.9 Å². The largest absolute Gasteiger partial charge is 0.480 e. The maximum Gasteiger partial charge on any atom is 0.323 e. The Morgan fingerprint density at radius 3 is 2.74 bits per heavy atom. The number of carboxylic acids is 1. The standard InChI is InChI=1S/C13H14ClNO3S/c1-3-6-15(8-12(16)17)13(18)10-7-9(19-2)4-5-11(10)14/h3-5,7H,1,6,8H2,2H3,(H,16,17).